The highest BCUT2D eigenvalue weighted by Gasteiger charge is 2.22. The number of aromatic nitrogens is 3. The molecule has 24 heavy (non-hydrogen) atoms. The normalized spacial score (nSPS) is 14.0. The Morgan fingerprint density at radius 1 is 1.25 bits per heavy atom. The van der Waals surface area contributed by atoms with Crippen LogP contribution in [0, 0.1) is 11.6 Å². The number of pyridine rings is 1. The summed E-state index contributed by atoms with van der Waals surface area (Å²) in [5.74, 6) is -1.87. The quantitative estimate of drug-likeness (QED) is 0.746. The molecule has 0 saturated carbocycles. The Balaban J connectivity index is 1.84. The number of fused-ring (bicyclic) bond motifs is 2. The lowest BCUT2D eigenvalue weighted by Crippen LogP contribution is -2.33. The Bertz CT molecular complexity index is 967. The molecule has 2 aromatic heterocycles. The van der Waals surface area contributed by atoms with E-state index in [-0.39, 0.29) is 5.91 Å². The number of aryl methyl sites for hydroxylation is 1. The van der Waals surface area contributed by atoms with Gasteiger partial charge in [0.1, 0.15) is 5.69 Å². The molecule has 1 aromatic carbocycles. The lowest BCUT2D eigenvalue weighted by molar-refractivity contribution is -0.116. The third kappa shape index (κ3) is 2.24. The van der Waals surface area contributed by atoms with Crippen LogP contribution in [0.2, 0.25) is 0 Å². The first-order valence-corrected chi connectivity index (χ1v) is 7.66. The molecule has 1 amide bonds. The summed E-state index contributed by atoms with van der Waals surface area (Å²) in [5, 5.41) is 7.32. The zero-order valence-electron chi connectivity index (χ0n) is 12.9. The maximum Gasteiger partial charge on any atom is 0.223 e. The predicted octanol–water partition coefficient (Wildman–Crippen LogP) is 3.20. The number of nitrogens with one attached hydrogen (secondary N) is 1. The van der Waals surface area contributed by atoms with Gasteiger partial charge in [-0.15, -0.1) is 0 Å². The van der Waals surface area contributed by atoms with Gasteiger partial charge in [0.15, 0.2) is 11.6 Å². The Labute approximate surface area is 136 Å². The molecule has 1 aliphatic heterocycles. The van der Waals surface area contributed by atoms with Crippen molar-refractivity contribution in [3.63, 3.8) is 0 Å². The lowest BCUT2D eigenvalue weighted by Gasteiger charge is -2.27. The van der Waals surface area contributed by atoms with Crippen LogP contribution < -0.4 is 4.90 Å². The monoisotopic (exact) mass is 328 g/mol. The van der Waals surface area contributed by atoms with Gasteiger partial charge < -0.3 is 4.90 Å². The number of amides is 1. The highest BCUT2D eigenvalue weighted by Crippen LogP contribution is 2.31. The second kappa shape index (κ2) is 5.36. The van der Waals surface area contributed by atoms with Crippen molar-refractivity contribution in [1.82, 2.24) is 15.2 Å². The molecule has 0 fully saturated rings. The predicted molar refractivity (Wildman–Crippen MR) is 85.6 cm³/mol. The highest BCUT2D eigenvalue weighted by atomic mass is 19.2. The van der Waals surface area contributed by atoms with Gasteiger partial charge in [0.25, 0.3) is 0 Å². The molecule has 5 nitrogen and oxygen atoms in total. The number of rotatable bonds is 1. The zero-order valence-corrected chi connectivity index (χ0v) is 12.9. The molecule has 1 N–H and O–H groups in total. The molecule has 3 aromatic rings. The number of benzene rings is 1. The number of nitrogens with zero attached hydrogens (tertiary/aromatic N) is 3. The van der Waals surface area contributed by atoms with Crippen LogP contribution in [0.4, 0.5) is 14.5 Å². The van der Waals surface area contributed by atoms with E-state index in [0.29, 0.717) is 28.8 Å². The van der Waals surface area contributed by atoms with Gasteiger partial charge in [0.2, 0.25) is 5.91 Å². The fourth-order valence-corrected chi connectivity index (χ4v) is 3.11. The van der Waals surface area contributed by atoms with Gasteiger partial charge in [-0.1, -0.05) is 0 Å². The number of hydrogen-bond acceptors (Lipinski definition) is 3. The molecule has 0 spiro atoms. The van der Waals surface area contributed by atoms with Gasteiger partial charge in [0, 0.05) is 24.9 Å². The summed E-state index contributed by atoms with van der Waals surface area (Å²) in [6.45, 7) is 2.21. The Morgan fingerprint density at radius 2 is 2.04 bits per heavy atom. The van der Waals surface area contributed by atoms with E-state index < -0.39 is 11.6 Å². The van der Waals surface area contributed by atoms with Crippen molar-refractivity contribution in [2.24, 2.45) is 0 Å². The van der Waals surface area contributed by atoms with Crippen LogP contribution in [0.5, 0.6) is 0 Å². The summed E-state index contributed by atoms with van der Waals surface area (Å²) in [6.07, 6.45) is 1.60. The maximum atomic E-state index is 13.6. The topological polar surface area (TPSA) is 61.9 Å². The summed E-state index contributed by atoms with van der Waals surface area (Å²) in [4.78, 5) is 18.0. The molecule has 7 heteroatoms. The van der Waals surface area contributed by atoms with E-state index in [1.54, 1.807) is 11.0 Å². The van der Waals surface area contributed by atoms with Crippen molar-refractivity contribution in [1.29, 1.82) is 0 Å². The standard InChI is InChI=1S/C17H14F2N4O/c1-9(24)23-6-2-3-13-16(23)5-4-14(20-13)17-10-7-11(18)12(19)8-15(10)21-22-17/h4-5,7-8H,2-3,6H2,1H3,(H,21,22). The summed E-state index contributed by atoms with van der Waals surface area (Å²) in [7, 11) is 0. The zero-order chi connectivity index (χ0) is 16.8. The van der Waals surface area contributed by atoms with Gasteiger partial charge >= 0.3 is 0 Å². The van der Waals surface area contributed by atoms with Crippen LogP contribution in [0.25, 0.3) is 22.3 Å². The molecule has 0 atom stereocenters. The van der Waals surface area contributed by atoms with Gasteiger partial charge in [-0.05, 0) is 31.0 Å². The van der Waals surface area contributed by atoms with Crippen LogP contribution in [0.3, 0.4) is 0 Å². The van der Waals surface area contributed by atoms with E-state index in [1.807, 2.05) is 6.07 Å². The number of hydrogen-bond donors (Lipinski definition) is 1. The molecule has 122 valence electrons. The molecule has 0 radical (unpaired) electrons. The largest absolute Gasteiger partial charge is 0.311 e. The minimum Gasteiger partial charge on any atom is -0.311 e. The van der Waals surface area contributed by atoms with E-state index in [4.69, 9.17) is 0 Å². The second-order valence-electron chi connectivity index (χ2n) is 5.82. The minimum absolute atomic E-state index is 0.0201. The van der Waals surface area contributed by atoms with Crippen molar-refractivity contribution in [3.05, 3.63) is 41.6 Å². The van der Waals surface area contributed by atoms with Crippen molar-refractivity contribution >= 4 is 22.5 Å². The summed E-state index contributed by atoms with van der Waals surface area (Å²) in [6, 6.07) is 5.78. The van der Waals surface area contributed by atoms with Crippen LogP contribution in [-0.4, -0.2) is 27.6 Å². The van der Waals surface area contributed by atoms with E-state index >= 15 is 0 Å². The van der Waals surface area contributed by atoms with Gasteiger partial charge in [-0.3, -0.25) is 9.89 Å². The van der Waals surface area contributed by atoms with Crippen LogP contribution in [0.15, 0.2) is 24.3 Å². The van der Waals surface area contributed by atoms with Crippen LogP contribution >= 0.6 is 0 Å². The molecule has 1 aliphatic rings. The highest BCUT2D eigenvalue weighted by molar-refractivity contribution is 5.94. The summed E-state index contributed by atoms with van der Waals surface area (Å²) in [5.41, 5.74) is 3.05. The van der Waals surface area contributed by atoms with E-state index in [0.717, 1.165) is 36.4 Å². The first-order chi connectivity index (χ1) is 11.5. The fourth-order valence-electron chi connectivity index (χ4n) is 3.11. The van der Waals surface area contributed by atoms with Gasteiger partial charge in [-0.25, -0.2) is 13.8 Å². The lowest BCUT2D eigenvalue weighted by atomic mass is 10.1. The maximum absolute atomic E-state index is 13.6. The molecule has 0 bridgehead atoms. The van der Waals surface area contributed by atoms with Crippen molar-refractivity contribution < 1.29 is 13.6 Å². The Hall–Kier alpha value is -2.83. The summed E-state index contributed by atoms with van der Waals surface area (Å²) < 4.78 is 26.9. The number of aromatic amines is 1. The van der Waals surface area contributed by atoms with E-state index in [2.05, 4.69) is 15.2 Å². The van der Waals surface area contributed by atoms with Crippen molar-refractivity contribution in [3.8, 4) is 11.4 Å². The van der Waals surface area contributed by atoms with Crippen LogP contribution in [-0.2, 0) is 11.2 Å². The first kappa shape index (κ1) is 14.7. The molecule has 0 saturated heterocycles. The smallest absolute Gasteiger partial charge is 0.223 e. The van der Waals surface area contributed by atoms with Gasteiger partial charge in [-0.2, -0.15) is 5.10 Å². The van der Waals surface area contributed by atoms with Crippen molar-refractivity contribution in [2.45, 2.75) is 19.8 Å². The summed E-state index contributed by atoms with van der Waals surface area (Å²) >= 11 is 0. The average molecular weight is 328 g/mol. The molecule has 4 rings (SSSR count). The molecular weight excluding hydrogens is 314 g/mol. The van der Waals surface area contributed by atoms with Gasteiger partial charge in [0.05, 0.1) is 22.6 Å². The average Bonchev–Trinajstić information content (AvgIpc) is 2.96. The fraction of sp³-hybridized carbons (Fsp3) is 0.235. The number of halogens is 2. The van der Waals surface area contributed by atoms with Crippen molar-refractivity contribution in [2.75, 3.05) is 11.4 Å². The number of anilines is 1. The van der Waals surface area contributed by atoms with E-state index in [9.17, 15) is 13.6 Å². The second-order valence-corrected chi connectivity index (χ2v) is 5.82. The first-order valence-electron chi connectivity index (χ1n) is 7.66. The van der Waals surface area contributed by atoms with E-state index in [1.165, 1.54) is 6.92 Å². The number of H-pyrrole nitrogens is 1. The SMILES string of the molecule is CC(=O)N1CCCc2nc(-c3n[nH]c4cc(F)c(F)cc34)ccc21. The molecule has 3 heterocycles. The third-order valence-electron chi connectivity index (χ3n) is 4.26. The third-order valence-corrected chi connectivity index (χ3v) is 4.26. The molecular formula is C17H14F2N4O. The molecule has 0 aliphatic carbocycles. The van der Waals surface area contributed by atoms with Crippen LogP contribution in [0.1, 0.15) is 19.0 Å². The molecule has 0 unspecified atom stereocenters. The Kier molecular flexibility index (Phi) is 3.30. The number of carbonyl (C=O) groups excluding carboxylic acids is 1. The number of carbonyl (C=O) groups is 1. The minimum atomic E-state index is -0.925. The Morgan fingerprint density at radius 3 is 2.83 bits per heavy atom.